The molecule has 0 radical (unpaired) electrons. The molecule has 0 N–H and O–H groups in total. The van der Waals surface area contributed by atoms with Crippen LogP contribution in [0.5, 0.6) is 0 Å². The van der Waals surface area contributed by atoms with Crippen LogP contribution in [0.15, 0.2) is 42.5 Å². The lowest BCUT2D eigenvalue weighted by Crippen LogP contribution is -2.31. The Bertz CT molecular complexity index is 763. The summed E-state index contributed by atoms with van der Waals surface area (Å²) in [6, 6.07) is 11.0. The summed E-state index contributed by atoms with van der Waals surface area (Å²) in [5.41, 5.74) is 2.53. The van der Waals surface area contributed by atoms with Gasteiger partial charge in [-0.3, -0.25) is 4.79 Å². The predicted molar refractivity (Wildman–Crippen MR) is 101 cm³/mol. The standard InChI is InChI=1S/C21H22ClF2NO/c22-12-2-1-5-21(26)25-13-3-4-18(15-6-8-16(23)9-7-15)19-11-10-17(24)14-20(19)25/h6-11,14,18H,1-5,12-13H2. The minimum absolute atomic E-state index is 0.00160. The molecule has 2 aromatic rings. The third-order valence-corrected chi connectivity index (χ3v) is 5.15. The molecule has 3 rings (SSSR count). The summed E-state index contributed by atoms with van der Waals surface area (Å²) in [5, 5.41) is 0. The molecule has 0 bridgehead atoms. The van der Waals surface area contributed by atoms with Gasteiger partial charge in [-0.2, -0.15) is 0 Å². The molecule has 26 heavy (non-hydrogen) atoms. The lowest BCUT2D eigenvalue weighted by molar-refractivity contribution is -0.118. The number of nitrogens with zero attached hydrogens (tertiary/aromatic N) is 1. The van der Waals surface area contributed by atoms with Crippen LogP contribution < -0.4 is 4.90 Å². The third kappa shape index (κ3) is 4.24. The molecule has 1 heterocycles. The molecule has 0 aromatic heterocycles. The second-order valence-corrected chi connectivity index (χ2v) is 7.02. The van der Waals surface area contributed by atoms with Crippen molar-refractivity contribution in [2.75, 3.05) is 17.3 Å². The monoisotopic (exact) mass is 377 g/mol. The highest BCUT2D eigenvalue weighted by atomic mass is 35.5. The van der Waals surface area contributed by atoms with E-state index in [4.69, 9.17) is 11.6 Å². The van der Waals surface area contributed by atoms with Crippen LogP contribution in [-0.4, -0.2) is 18.3 Å². The van der Waals surface area contributed by atoms with E-state index in [2.05, 4.69) is 0 Å². The van der Waals surface area contributed by atoms with Crippen molar-refractivity contribution in [3.8, 4) is 0 Å². The van der Waals surface area contributed by atoms with Gasteiger partial charge in [0.15, 0.2) is 0 Å². The van der Waals surface area contributed by atoms with E-state index in [0.29, 0.717) is 24.5 Å². The second-order valence-electron chi connectivity index (χ2n) is 6.64. The minimum Gasteiger partial charge on any atom is -0.312 e. The summed E-state index contributed by atoms with van der Waals surface area (Å²) in [4.78, 5) is 14.4. The summed E-state index contributed by atoms with van der Waals surface area (Å²) < 4.78 is 27.2. The van der Waals surface area contributed by atoms with Crippen LogP contribution in [0.25, 0.3) is 0 Å². The van der Waals surface area contributed by atoms with Gasteiger partial charge in [-0.05, 0) is 61.1 Å². The maximum Gasteiger partial charge on any atom is 0.226 e. The maximum atomic E-state index is 13.9. The Morgan fingerprint density at radius 1 is 1.08 bits per heavy atom. The van der Waals surface area contributed by atoms with Crippen LogP contribution in [0.1, 0.15) is 49.1 Å². The van der Waals surface area contributed by atoms with E-state index in [0.717, 1.165) is 36.8 Å². The zero-order valence-electron chi connectivity index (χ0n) is 14.6. The van der Waals surface area contributed by atoms with E-state index in [1.165, 1.54) is 24.3 Å². The van der Waals surface area contributed by atoms with Crippen molar-refractivity contribution in [1.82, 2.24) is 0 Å². The molecule has 2 aromatic carbocycles. The molecule has 0 fully saturated rings. The number of anilines is 1. The first-order chi connectivity index (χ1) is 12.6. The van der Waals surface area contributed by atoms with E-state index in [-0.39, 0.29) is 23.5 Å². The van der Waals surface area contributed by atoms with Gasteiger partial charge in [-0.15, -0.1) is 11.6 Å². The predicted octanol–water partition coefficient (Wildman–Crippen LogP) is 5.63. The highest BCUT2D eigenvalue weighted by Crippen LogP contribution is 2.39. The molecule has 1 unspecified atom stereocenters. The number of alkyl halides is 1. The first-order valence-corrected chi connectivity index (χ1v) is 9.55. The summed E-state index contributed by atoms with van der Waals surface area (Å²) in [6.07, 6.45) is 3.55. The summed E-state index contributed by atoms with van der Waals surface area (Å²) in [7, 11) is 0. The number of rotatable bonds is 5. The van der Waals surface area contributed by atoms with Crippen LogP contribution in [0.4, 0.5) is 14.5 Å². The molecule has 0 aliphatic carbocycles. The summed E-state index contributed by atoms with van der Waals surface area (Å²) in [6.45, 7) is 0.563. The second kappa shape index (κ2) is 8.63. The average molecular weight is 378 g/mol. The number of hydrogen-bond donors (Lipinski definition) is 0. The van der Waals surface area contributed by atoms with Gasteiger partial charge in [-0.25, -0.2) is 8.78 Å². The number of carbonyl (C=O) groups is 1. The van der Waals surface area contributed by atoms with Crippen molar-refractivity contribution in [1.29, 1.82) is 0 Å². The van der Waals surface area contributed by atoms with Crippen molar-refractivity contribution >= 4 is 23.2 Å². The molecule has 1 atom stereocenters. The molecule has 1 aliphatic rings. The van der Waals surface area contributed by atoms with Crippen LogP contribution in [0.3, 0.4) is 0 Å². The van der Waals surface area contributed by atoms with Gasteiger partial charge >= 0.3 is 0 Å². The maximum absolute atomic E-state index is 13.9. The first-order valence-electron chi connectivity index (χ1n) is 9.01. The zero-order chi connectivity index (χ0) is 18.5. The number of halogens is 3. The molecule has 0 saturated carbocycles. The minimum atomic E-state index is -0.359. The quantitative estimate of drug-likeness (QED) is 0.488. The Morgan fingerprint density at radius 3 is 2.54 bits per heavy atom. The number of unbranched alkanes of at least 4 members (excludes halogenated alkanes) is 1. The lowest BCUT2D eigenvalue weighted by atomic mass is 9.87. The molecule has 1 aliphatic heterocycles. The van der Waals surface area contributed by atoms with E-state index >= 15 is 0 Å². The first kappa shape index (κ1) is 18.8. The van der Waals surface area contributed by atoms with Crippen LogP contribution in [0, 0.1) is 11.6 Å². The molecular weight excluding hydrogens is 356 g/mol. The molecule has 1 amide bonds. The molecule has 0 spiro atoms. The van der Waals surface area contributed by atoms with Crippen molar-refractivity contribution < 1.29 is 13.6 Å². The van der Waals surface area contributed by atoms with Crippen molar-refractivity contribution in [2.24, 2.45) is 0 Å². The Hall–Kier alpha value is -1.94. The van der Waals surface area contributed by atoms with Crippen molar-refractivity contribution in [3.63, 3.8) is 0 Å². The van der Waals surface area contributed by atoms with Gasteiger partial charge in [0.05, 0.1) is 5.69 Å². The highest BCUT2D eigenvalue weighted by Gasteiger charge is 2.27. The summed E-state index contributed by atoms with van der Waals surface area (Å²) >= 11 is 5.70. The van der Waals surface area contributed by atoms with E-state index in [9.17, 15) is 13.6 Å². The van der Waals surface area contributed by atoms with Crippen molar-refractivity contribution in [2.45, 2.75) is 38.0 Å². The van der Waals surface area contributed by atoms with Crippen molar-refractivity contribution in [3.05, 3.63) is 65.2 Å². The Balaban J connectivity index is 1.95. The van der Waals surface area contributed by atoms with Gasteiger partial charge in [0.1, 0.15) is 11.6 Å². The number of fused-ring (bicyclic) bond motifs is 1. The Kier molecular flexibility index (Phi) is 6.25. The fourth-order valence-corrected chi connectivity index (χ4v) is 3.77. The smallest absolute Gasteiger partial charge is 0.226 e. The van der Waals surface area contributed by atoms with E-state index in [1.807, 2.05) is 0 Å². The molecular formula is C21H22ClF2NO. The van der Waals surface area contributed by atoms with Gasteiger partial charge in [-0.1, -0.05) is 18.2 Å². The average Bonchev–Trinajstić information content (AvgIpc) is 2.82. The fourth-order valence-electron chi connectivity index (χ4n) is 3.58. The molecule has 138 valence electrons. The normalized spacial score (nSPS) is 16.9. The fraction of sp³-hybridized carbons (Fsp3) is 0.381. The molecule has 0 saturated heterocycles. The molecule has 2 nitrogen and oxygen atoms in total. The highest BCUT2D eigenvalue weighted by molar-refractivity contribution is 6.17. The van der Waals surface area contributed by atoms with Gasteiger partial charge in [0, 0.05) is 24.8 Å². The molecule has 5 heteroatoms. The van der Waals surface area contributed by atoms with Crippen LogP contribution in [0.2, 0.25) is 0 Å². The van der Waals surface area contributed by atoms with Gasteiger partial charge < -0.3 is 4.90 Å². The van der Waals surface area contributed by atoms with E-state index in [1.54, 1.807) is 23.1 Å². The van der Waals surface area contributed by atoms with E-state index < -0.39 is 0 Å². The largest absolute Gasteiger partial charge is 0.312 e. The van der Waals surface area contributed by atoms with Gasteiger partial charge in [0.25, 0.3) is 0 Å². The summed E-state index contributed by atoms with van der Waals surface area (Å²) in [5.74, 6) is -0.0843. The topological polar surface area (TPSA) is 20.3 Å². The van der Waals surface area contributed by atoms with Crippen LogP contribution in [-0.2, 0) is 4.79 Å². The third-order valence-electron chi connectivity index (χ3n) is 4.88. The number of carbonyl (C=O) groups excluding carboxylic acids is 1. The Labute approximate surface area is 157 Å². The van der Waals surface area contributed by atoms with Crippen LogP contribution >= 0.6 is 11.6 Å². The number of benzene rings is 2. The zero-order valence-corrected chi connectivity index (χ0v) is 15.3. The SMILES string of the molecule is O=C(CCCCCl)N1CCCC(c2ccc(F)cc2)c2ccc(F)cc21. The Morgan fingerprint density at radius 2 is 1.81 bits per heavy atom. The lowest BCUT2D eigenvalue weighted by Gasteiger charge is -2.24. The number of amides is 1. The van der Waals surface area contributed by atoms with Gasteiger partial charge in [0.2, 0.25) is 5.91 Å². The number of hydrogen-bond acceptors (Lipinski definition) is 1.